The summed E-state index contributed by atoms with van der Waals surface area (Å²) in [5, 5.41) is 9.39. The normalized spacial score (nSPS) is 10.6. The summed E-state index contributed by atoms with van der Waals surface area (Å²) in [5.41, 5.74) is 3.87. The number of rotatable bonds is 7. The monoisotopic (exact) mass is 435 g/mol. The molecule has 0 saturated carbocycles. The molecule has 5 heteroatoms. The van der Waals surface area contributed by atoms with Gasteiger partial charge in [-0.1, -0.05) is 67.6 Å². The molecule has 0 saturated heterocycles. The molecule has 0 amide bonds. The summed E-state index contributed by atoms with van der Waals surface area (Å²) < 4.78 is 7.63. The van der Waals surface area contributed by atoms with Crippen molar-refractivity contribution in [2.75, 3.05) is 0 Å². The van der Waals surface area contributed by atoms with Gasteiger partial charge in [-0.25, -0.2) is 4.98 Å². The molecular formula is C28H25N3O2. The van der Waals surface area contributed by atoms with Crippen LogP contribution in [0.4, 0.5) is 0 Å². The minimum atomic E-state index is -0.186. The molecule has 0 aliphatic rings. The van der Waals surface area contributed by atoms with E-state index in [1.165, 1.54) is 0 Å². The minimum Gasteiger partial charge on any atom is -0.450 e. The number of aryl methyl sites for hydroxylation is 2. The van der Waals surface area contributed by atoms with E-state index in [9.17, 15) is 10.1 Å². The van der Waals surface area contributed by atoms with Crippen LogP contribution < -0.4 is 10.3 Å². The van der Waals surface area contributed by atoms with E-state index in [-0.39, 0.29) is 11.3 Å². The molecule has 0 bridgehead atoms. The molecular weight excluding hydrogens is 410 g/mol. The fourth-order valence-electron chi connectivity index (χ4n) is 3.81. The van der Waals surface area contributed by atoms with Crippen LogP contribution in [0.15, 0.2) is 83.7 Å². The topological polar surface area (TPSA) is 67.9 Å². The Kier molecular flexibility index (Phi) is 6.66. The zero-order valence-electron chi connectivity index (χ0n) is 18.8. The van der Waals surface area contributed by atoms with Crippen molar-refractivity contribution in [1.82, 2.24) is 9.55 Å². The maximum Gasteiger partial charge on any atom is 0.297 e. The van der Waals surface area contributed by atoms with Gasteiger partial charge in [0.05, 0.1) is 23.9 Å². The highest BCUT2D eigenvalue weighted by Gasteiger charge is 2.16. The van der Waals surface area contributed by atoms with E-state index in [2.05, 4.69) is 13.0 Å². The van der Waals surface area contributed by atoms with Gasteiger partial charge in [-0.2, -0.15) is 5.26 Å². The lowest BCUT2D eigenvalue weighted by atomic mass is 9.99. The summed E-state index contributed by atoms with van der Waals surface area (Å²) in [6, 6.07) is 27.0. The van der Waals surface area contributed by atoms with Gasteiger partial charge in [0.15, 0.2) is 0 Å². The van der Waals surface area contributed by atoms with Gasteiger partial charge in [-0.05, 0) is 48.2 Å². The molecule has 0 aliphatic carbocycles. The van der Waals surface area contributed by atoms with Gasteiger partial charge in [0.2, 0.25) is 5.75 Å². The van der Waals surface area contributed by atoms with Crippen LogP contribution >= 0.6 is 0 Å². The molecule has 3 aromatic carbocycles. The third kappa shape index (κ3) is 4.86. The first-order chi connectivity index (χ1) is 16.1. The average Bonchev–Trinajstić information content (AvgIpc) is 2.85. The highest BCUT2D eigenvalue weighted by Crippen LogP contribution is 2.24. The largest absolute Gasteiger partial charge is 0.450 e. The van der Waals surface area contributed by atoms with Gasteiger partial charge in [0.25, 0.3) is 5.56 Å². The van der Waals surface area contributed by atoms with Gasteiger partial charge in [0.1, 0.15) is 11.6 Å². The van der Waals surface area contributed by atoms with Crippen LogP contribution in [-0.4, -0.2) is 9.55 Å². The Morgan fingerprint density at radius 3 is 2.36 bits per heavy atom. The number of hydrogen-bond acceptors (Lipinski definition) is 4. The SMILES string of the molecule is CCCc1nc(C)c(Oc2ccccc2)c(=O)n1Cc1ccc(-c2ccccc2C#N)cc1. The van der Waals surface area contributed by atoms with E-state index >= 15 is 0 Å². The summed E-state index contributed by atoms with van der Waals surface area (Å²) in [5.74, 6) is 1.61. The first kappa shape index (κ1) is 22.0. The predicted molar refractivity (Wildman–Crippen MR) is 129 cm³/mol. The molecule has 164 valence electrons. The Bertz CT molecular complexity index is 1350. The van der Waals surface area contributed by atoms with Gasteiger partial charge < -0.3 is 4.74 Å². The molecule has 0 fully saturated rings. The van der Waals surface area contributed by atoms with Crippen LogP contribution in [0.2, 0.25) is 0 Å². The molecule has 0 spiro atoms. The van der Waals surface area contributed by atoms with Crippen molar-refractivity contribution in [3.8, 4) is 28.7 Å². The molecule has 0 N–H and O–H groups in total. The smallest absolute Gasteiger partial charge is 0.297 e. The quantitative estimate of drug-likeness (QED) is 0.363. The maximum atomic E-state index is 13.4. The van der Waals surface area contributed by atoms with Gasteiger partial charge in [-0.15, -0.1) is 0 Å². The molecule has 33 heavy (non-hydrogen) atoms. The first-order valence-corrected chi connectivity index (χ1v) is 11.0. The van der Waals surface area contributed by atoms with Crippen molar-refractivity contribution in [2.45, 2.75) is 33.2 Å². The van der Waals surface area contributed by atoms with E-state index in [1.807, 2.05) is 85.8 Å². The number of para-hydroxylation sites is 1. The Morgan fingerprint density at radius 2 is 1.67 bits per heavy atom. The summed E-state index contributed by atoms with van der Waals surface area (Å²) in [4.78, 5) is 18.1. The van der Waals surface area contributed by atoms with Crippen molar-refractivity contribution in [3.63, 3.8) is 0 Å². The average molecular weight is 436 g/mol. The van der Waals surface area contributed by atoms with E-state index in [1.54, 1.807) is 4.57 Å². The minimum absolute atomic E-state index is 0.186. The van der Waals surface area contributed by atoms with Gasteiger partial charge in [0, 0.05) is 6.42 Å². The lowest BCUT2D eigenvalue weighted by Gasteiger charge is -2.16. The predicted octanol–water partition coefficient (Wildman–Crippen LogP) is 5.88. The lowest BCUT2D eigenvalue weighted by Crippen LogP contribution is -2.27. The number of nitriles is 1. The lowest BCUT2D eigenvalue weighted by molar-refractivity contribution is 0.454. The summed E-state index contributed by atoms with van der Waals surface area (Å²) in [6.45, 7) is 4.28. The van der Waals surface area contributed by atoms with Crippen LogP contribution in [-0.2, 0) is 13.0 Å². The van der Waals surface area contributed by atoms with Crippen molar-refractivity contribution >= 4 is 0 Å². The second kappa shape index (κ2) is 9.97. The number of hydrogen-bond donors (Lipinski definition) is 0. The summed E-state index contributed by atoms with van der Waals surface area (Å²) >= 11 is 0. The van der Waals surface area contributed by atoms with E-state index in [0.717, 1.165) is 28.9 Å². The van der Waals surface area contributed by atoms with Crippen LogP contribution in [0.3, 0.4) is 0 Å². The Balaban J connectivity index is 1.69. The summed E-state index contributed by atoms with van der Waals surface area (Å²) in [6.07, 6.45) is 1.59. The molecule has 0 aliphatic heterocycles. The highest BCUT2D eigenvalue weighted by molar-refractivity contribution is 5.70. The number of aromatic nitrogens is 2. The second-order valence-corrected chi connectivity index (χ2v) is 7.85. The van der Waals surface area contributed by atoms with Gasteiger partial charge in [-0.3, -0.25) is 9.36 Å². The standard InChI is InChI=1S/C28H25N3O2/c1-3-9-26-30-20(2)27(33-24-11-5-4-6-12-24)28(32)31(26)19-21-14-16-22(17-15-21)25-13-8-7-10-23(25)18-29/h4-8,10-17H,3,9,19H2,1-2H3. The summed E-state index contributed by atoms with van der Waals surface area (Å²) in [7, 11) is 0. The zero-order valence-corrected chi connectivity index (χ0v) is 18.8. The Hall–Kier alpha value is -4.17. The van der Waals surface area contributed by atoms with Crippen LogP contribution in [0, 0.1) is 18.3 Å². The molecule has 5 nitrogen and oxygen atoms in total. The fourth-order valence-corrected chi connectivity index (χ4v) is 3.81. The fraction of sp³-hybridized carbons (Fsp3) is 0.179. The molecule has 0 atom stereocenters. The van der Waals surface area contributed by atoms with E-state index < -0.39 is 0 Å². The van der Waals surface area contributed by atoms with Gasteiger partial charge >= 0.3 is 0 Å². The van der Waals surface area contributed by atoms with Crippen molar-refractivity contribution in [1.29, 1.82) is 5.26 Å². The van der Waals surface area contributed by atoms with E-state index in [0.29, 0.717) is 30.0 Å². The molecule has 0 unspecified atom stereocenters. The first-order valence-electron chi connectivity index (χ1n) is 11.0. The van der Waals surface area contributed by atoms with Crippen molar-refractivity contribution in [2.24, 2.45) is 0 Å². The molecule has 1 aromatic heterocycles. The van der Waals surface area contributed by atoms with Crippen molar-refractivity contribution in [3.05, 3.63) is 112 Å². The number of benzene rings is 3. The third-order valence-electron chi connectivity index (χ3n) is 5.47. The highest BCUT2D eigenvalue weighted by atomic mass is 16.5. The molecule has 4 rings (SSSR count). The van der Waals surface area contributed by atoms with Crippen LogP contribution in [0.5, 0.6) is 11.5 Å². The molecule has 1 heterocycles. The van der Waals surface area contributed by atoms with Crippen molar-refractivity contribution < 1.29 is 4.74 Å². The molecule has 0 radical (unpaired) electrons. The second-order valence-electron chi connectivity index (χ2n) is 7.85. The zero-order chi connectivity index (χ0) is 23.2. The van der Waals surface area contributed by atoms with Crippen LogP contribution in [0.1, 0.15) is 36.0 Å². The third-order valence-corrected chi connectivity index (χ3v) is 5.47. The molecule has 4 aromatic rings. The van der Waals surface area contributed by atoms with E-state index in [4.69, 9.17) is 9.72 Å². The number of nitrogens with zero attached hydrogens (tertiary/aromatic N) is 3. The Labute approximate surface area is 193 Å². The number of ether oxygens (including phenoxy) is 1. The Morgan fingerprint density at radius 1 is 0.970 bits per heavy atom. The maximum absolute atomic E-state index is 13.4. The van der Waals surface area contributed by atoms with Crippen LogP contribution in [0.25, 0.3) is 11.1 Å².